The lowest BCUT2D eigenvalue weighted by Gasteiger charge is -2.34. The van der Waals surface area contributed by atoms with Gasteiger partial charge in [-0.05, 0) is 24.3 Å². The molecule has 0 unspecified atom stereocenters. The molecule has 0 spiro atoms. The van der Waals surface area contributed by atoms with Crippen molar-refractivity contribution in [3.05, 3.63) is 59.9 Å². The van der Waals surface area contributed by atoms with E-state index in [0.29, 0.717) is 11.0 Å². The summed E-state index contributed by atoms with van der Waals surface area (Å²) in [5.41, 5.74) is 0. The zero-order valence-corrected chi connectivity index (χ0v) is 16.3. The summed E-state index contributed by atoms with van der Waals surface area (Å²) in [5, 5.41) is 0. The predicted molar refractivity (Wildman–Crippen MR) is 98.8 cm³/mol. The third-order valence-electron chi connectivity index (χ3n) is 4.29. The maximum Gasteiger partial charge on any atom is 0.246 e. The zero-order chi connectivity index (χ0) is 20.3. The van der Waals surface area contributed by atoms with E-state index in [-0.39, 0.29) is 37.8 Å². The minimum Gasteiger partial charge on any atom is -0.339 e. The fourth-order valence-electron chi connectivity index (χ4n) is 2.79. The minimum absolute atomic E-state index is 0.00471. The molecule has 0 atom stereocenters. The van der Waals surface area contributed by atoms with Gasteiger partial charge in [-0.2, -0.15) is 4.31 Å². The van der Waals surface area contributed by atoms with Gasteiger partial charge in [-0.3, -0.25) is 4.79 Å². The molecule has 1 fully saturated rings. The first kappa shape index (κ1) is 20.7. The van der Waals surface area contributed by atoms with E-state index >= 15 is 0 Å². The Bertz CT molecular complexity index is 978. The summed E-state index contributed by atoms with van der Waals surface area (Å²) in [5.74, 6) is -2.63. The SMILES string of the molecule is O=C(CSc1ccccc1F)N1CCN(S(=O)(=O)c2ccc(F)cc2F)CC1. The number of nitrogens with zero attached hydrogens (tertiary/aromatic N) is 2. The number of sulfonamides is 1. The normalized spacial score (nSPS) is 15.6. The number of piperazine rings is 1. The first-order valence-corrected chi connectivity index (χ1v) is 10.8. The molecule has 0 saturated carbocycles. The van der Waals surface area contributed by atoms with Crippen LogP contribution >= 0.6 is 11.8 Å². The van der Waals surface area contributed by atoms with E-state index in [2.05, 4.69) is 0 Å². The van der Waals surface area contributed by atoms with Crippen molar-refractivity contribution in [3.63, 3.8) is 0 Å². The molecule has 1 amide bonds. The molecule has 0 N–H and O–H groups in total. The number of hydrogen-bond donors (Lipinski definition) is 0. The van der Waals surface area contributed by atoms with Crippen LogP contribution in [0, 0.1) is 17.5 Å². The Morgan fingerprint density at radius 1 is 0.964 bits per heavy atom. The van der Waals surface area contributed by atoms with Crippen LogP contribution in [0.1, 0.15) is 0 Å². The van der Waals surface area contributed by atoms with Crippen LogP contribution in [-0.4, -0.2) is 55.5 Å². The maximum absolute atomic E-state index is 13.9. The minimum atomic E-state index is -4.12. The Balaban J connectivity index is 1.59. The molecule has 0 radical (unpaired) electrons. The Labute approximate surface area is 165 Å². The Morgan fingerprint density at radius 2 is 1.64 bits per heavy atom. The molecule has 1 saturated heterocycles. The summed E-state index contributed by atoms with van der Waals surface area (Å²) in [6.45, 7) is 0.266. The summed E-state index contributed by atoms with van der Waals surface area (Å²) in [7, 11) is -4.12. The van der Waals surface area contributed by atoms with Crippen molar-refractivity contribution in [3.8, 4) is 0 Å². The van der Waals surface area contributed by atoms with Crippen LogP contribution < -0.4 is 0 Å². The molecular formula is C18H17F3N2O3S2. The van der Waals surface area contributed by atoms with E-state index in [9.17, 15) is 26.4 Å². The van der Waals surface area contributed by atoms with Gasteiger partial charge in [0.2, 0.25) is 15.9 Å². The average Bonchev–Trinajstić information content (AvgIpc) is 2.67. The topological polar surface area (TPSA) is 57.7 Å². The van der Waals surface area contributed by atoms with Gasteiger partial charge in [-0.15, -0.1) is 11.8 Å². The first-order chi connectivity index (χ1) is 13.3. The molecule has 1 heterocycles. The van der Waals surface area contributed by atoms with E-state index in [1.54, 1.807) is 18.2 Å². The highest BCUT2D eigenvalue weighted by Crippen LogP contribution is 2.23. The molecule has 2 aromatic rings. The van der Waals surface area contributed by atoms with E-state index in [0.717, 1.165) is 28.2 Å². The highest BCUT2D eigenvalue weighted by molar-refractivity contribution is 8.00. The van der Waals surface area contributed by atoms with Crippen LogP contribution in [0.15, 0.2) is 52.3 Å². The van der Waals surface area contributed by atoms with Crippen molar-refractivity contribution in [1.82, 2.24) is 9.21 Å². The molecular weight excluding hydrogens is 413 g/mol. The molecule has 0 bridgehead atoms. The number of rotatable bonds is 5. The molecule has 1 aliphatic rings. The number of amides is 1. The number of hydrogen-bond acceptors (Lipinski definition) is 4. The second-order valence-electron chi connectivity index (χ2n) is 6.08. The van der Waals surface area contributed by atoms with Gasteiger partial charge < -0.3 is 4.90 Å². The highest BCUT2D eigenvalue weighted by Gasteiger charge is 2.32. The van der Waals surface area contributed by atoms with Gasteiger partial charge in [0.1, 0.15) is 22.3 Å². The Hall–Kier alpha value is -2.04. The van der Waals surface area contributed by atoms with Gasteiger partial charge in [-0.1, -0.05) is 12.1 Å². The summed E-state index contributed by atoms with van der Waals surface area (Å²) < 4.78 is 66.7. The average molecular weight is 430 g/mol. The summed E-state index contributed by atoms with van der Waals surface area (Å²) in [6, 6.07) is 8.42. The van der Waals surface area contributed by atoms with Crippen LogP contribution in [0.3, 0.4) is 0 Å². The lowest BCUT2D eigenvalue weighted by molar-refractivity contribution is -0.129. The quantitative estimate of drug-likeness (QED) is 0.685. The van der Waals surface area contributed by atoms with Gasteiger partial charge in [0, 0.05) is 37.1 Å². The number of halogens is 3. The molecule has 0 aromatic heterocycles. The van der Waals surface area contributed by atoms with Gasteiger partial charge in [0.25, 0.3) is 0 Å². The van der Waals surface area contributed by atoms with Crippen LogP contribution in [0.2, 0.25) is 0 Å². The molecule has 2 aromatic carbocycles. The maximum atomic E-state index is 13.9. The zero-order valence-electron chi connectivity index (χ0n) is 14.6. The molecule has 28 heavy (non-hydrogen) atoms. The monoisotopic (exact) mass is 430 g/mol. The lowest BCUT2D eigenvalue weighted by atomic mass is 10.3. The van der Waals surface area contributed by atoms with Crippen LogP contribution in [-0.2, 0) is 14.8 Å². The number of benzene rings is 2. The van der Waals surface area contributed by atoms with Crippen LogP contribution in [0.25, 0.3) is 0 Å². The van der Waals surface area contributed by atoms with E-state index in [1.165, 1.54) is 11.0 Å². The second kappa shape index (κ2) is 8.54. The fraction of sp³-hybridized carbons (Fsp3) is 0.278. The Kier molecular flexibility index (Phi) is 6.31. The van der Waals surface area contributed by atoms with E-state index in [1.807, 2.05) is 0 Å². The fourth-order valence-corrected chi connectivity index (χ4v) is 5.10. The molecule has 0 aliphatic carbocycles. The van der Waals surface area contributed by atoms with Gasteiger partial charge in [0.05, 0.1) is 5.75 Å². The molecule has 5 nitrogen and oxygen atoms in total. The standard InChI is InChI=1S/C18H17F3N2O3S2/c19-13-5-6-17(15(21)11-13)28(25,26)23-9-7-22(8-10-23)18(24)12-27-16-4-2-1-3-14(16)20/h1-6,11H,7-10,12H2. The molecule has 3 rings (SSSR count). The van der Waals surface area contributed by atoms with E-state index < -0.39 is 32.4 Å². The van der Waals surface area contributed by atoms with Crippen LogP contribution in [0.4, 0.5) is 13.2 Å². The largest absolute Gasteiger partial charge is 0.339 e. The molecule has 10 heteroatoms. The summed E-state index contributed by atoms with van der Waals surface area (Å²) in [6.07, 6.45) is 0. The molecule has 1 aliphatic heterocycles. The lowest BCUT2D eigenvalue weighted by Crippen LogP contribution is -2.51. The van der Waals surface area contributed by atoms with Crippen molar-refractivity contribution < 1.29 is 26.4 Å². The van der Waals surface area contributed by atoms with Crippen LogP contribution in [0.5, 0.6) is 0 Å². The smallest absolute Gasteiger partial charge is 0.246 e. The van der Waals surface area contributed by atoms with E-state index in [4.69, 9.17) is 0 Å². The van der Waals surface area contributed by atoms with Gasteiger partial charge in [-0.25, -0.2) is 21.6 Å². The number of thioether (sulfide) groups is 1. The number of carbonyl (C=O) groups excluding carboxylic acids is 1. The summed E-state index contributed by atoms with van der Waals surface area (Å²) >= 11 is 1.07. The Morgan fingerprint density at radius 3 is 2.29 bits per heavy atom. The number of carbonyl (C=O) groups is 1. The summed E-state index contributed by atoms with van der Waals surface area (Å²) in [4.78, 5) is 13.6. The third kappa shape index (κ3) is 4.50. The van der Waals surface area contributed by atoms with Gasteiger partial charge >= 0.3 is 0 Å². The van der Waals surface area contributed by atoms with Crippen molar-refractivity contribution in [2.24, 2.45) is 0 Å². The van der Waals surface area contributed by atoms with Crippen molar-refractivity contribution >= 4 is 27.7 Å². The third-order valence-corrected chi connectivity index (χ3v) is 7.26. The van der Waals surface area contributed by atoms with Crippen molar-refractivity contribution in [2.75, 3.05) is 31.9 Å². The first-order valence-electron chi connectivity index (χ1n) is 8.39. The van der Waals surface area contributed by atoms with Crippen molar-refractivity contribution in [1.29, 1.82) is 0 Å². The van der Waals surface area contributed by atoms with Crippen molar-refractivity contribution in [2.45, 2.75) is 9.79 Å². The highest BCUT2D eigenvalue weighted by atomic mass is 32.2. The second-order valence-corrected chi connectivity index (χ2v) is 9.00. The van der Waals surface area contributed by atoms with Gasteiger partial charge in [0.15, 0.2) is 0 Å². The molecule has 150 valence electrons. The predicted octanol–water partition coefficient (Wildman–Crippen LogP) is 2.73.